The molecule has 2 amide bonds. The van der Waals surface area contributed by atoms with Crippen LogP contribution in [0.2, 0.25) is 0 Å². The Morgan fingerprint density at radius 3 is 2.50 bits per heavy atom. The van der Waals surface area contributed by atoms with E-state index in [4.69, 9.17) is 0 Å². The van der Waals surface area contributed by atoms with Gasteiger partial charge in [-0.1, -0.05) is 13.8 Å². The Morgan fingerprint density at radius 2 is 1.83 bits per heavy atom. The summed E-state index contributed by atoms with van der Waals surface area (Å²) in [5.41, 5.74) is 3.00. The Kier molecular flexibility index (Phi) is 2.40. The van der Waals surface area contributed by atoms with Crippen LogP contribution in [0.5, 0.6) is 0 Å². The van der Waals surface area contributed by atoms with Crippen LogP contribution in [-0.4, -0.2) is 18.4 Å². The van der Waals surface area contributed by atoms with E-state index in [1.807, 2.05) is 32.0 Å². The van der Waals surface area contributed by atoms with E-state index in [9.17, 15) is 9.59 Å². The number of hydrogen-bond acceptors (Lipinski definition) is 3. The van der Waals surface area contributed by atoms with Crippen LogP contribution >= 0.6 is 0 Å². The van der Waals surface area contributed by atoms with Gasteiger partial charge >= 0.3 is 0 Å². The van der Waals surface area contributed by atoms with Crippen molar-refractivity contribution in [3.63, 3.8) is 0 Å². The normalized spacial score (nSPS) is 26.4. The molecule has 3 rings (SSSR count). The van der Waals surface area contributed by atoms with Gasteiger partial charge in [-0.15, -0.1) is 0 Å². The summed E-state index contributed by atoms with van der Waals surface area (Å²) in [4.78, 5) is 25.6. The minimum Gasteiger partial charge on any atom is -0.384 e. The van der Waals surface area contributed by atoms with E-state index in [1.54, 1.807) is 0 Å². The molecule has 1 fully saturated rings. The molecule has 1 N–H and O–H groups in total. The van der Waals surface area contributed by atoms with Crippen LogP contribution in [0.3, 0.4) is 0 Å². The summed E-state index contributed by atoms with van der Waals surface area (Å²) in [5.74, 6) is -0.607. The Balaban J connectivity index is 2.00. The van der Waals surface area contributed by atoms with Gasteiger partial charge in [0.15, 0.2) is 0 Å². The highest BCUT2D eigenvalue weighted by Gasteiger charge is 2.43. The second-order valence-corrected chi connectivity index (χ2v) is 5.11. The number of nitrogens with one attached hydrogen (secondary N) is 1. The van der Waals surface area contributed by atoms with Gasteiger partial charge in [-0.05, 0) is 30.2 Å². The molecule has 1 aromatic rings. The molecule has 0 spiro atoms. The van der Waals surface area contributed by atoms with Crippen molar-refractivity contribution in [2.75, 3.05) is 16.8 Å². The number of rotatable bonds is 1. The monoisotopic (exact) mass is 244 g/mol. The van der Waals surface area contributed by atoms with Crippen LogP contribution in [0, 0.1) is 11.8 Å². The van der Waals surface area contributed by atoms with Gasteiger partial charge in [-0.25, -0.2) is 0 Å². The third-order valence-corrected chi connectivity index (χ3v) is 4.03. The maximum absolute atomic E-state index is 12.1. The van der Waals surface area contributed by atoms with E-state index in [2.05, 4.69) is 5.32 Å². The quantitative estimate of drug-likeness (QED) is 0.766. The van der Waals surface area contributed by atoms with Crippen LogP contribution in [0.25, 0.3) is 0 Å². The molecule has 94 valence electrons. The van der Waals surface area contributed by atoms with E-state index in [1.165, 1.54) is 10.5 Å². The van der Waals surface area contributed by atoms with E-state index in [0.717, 1.165) is 18.7 Å². The number of amides is 2. The SMILES string of the molecule is CC1C(=O)N(c2ccc3c(c2)CCN3)C(=O)C1C. The summed E-state index contributed by atoms with van der Waals surface area (Å²) in [6.07, 6.45) is 0.949. The molecule has 0 radical (unpaired) electrons. The minimum absolute atomic E-state index is 0.0848. The molecule has 0 aliphatic carbocycles. The zero-order chi connectivity index (χ0) is 12.9. The molecule has 4 nitrogen and oxygen atoms in total. The largest absolute Gasteiger partial charge is 0.384 e. The summed E-state index contributed by atoms with van der Waals surface area (Å²) in [5, 5.41) is 3.27. The van der Waals surface area contributed by atoms with Gasteiger partial charge in [0.1, 0.15) is 0 Å². The van der Waals surface area contributed by atoms with Crippen molar-refractivity contribution < 1.29 is 9.59 Å². The second-order valence-electron chi connectivity index (χ2n) is 5.11. The molecule has 2 atom stereocenters. The number of nitrogens with zero attached hydrogens (tertiary/aromatic N) is 1. The van der Waals surface area contributed by atoms with Crippen molar-refractivity contribution in [1.82, 2.24) is 0 Å². The number of carbonyl (C=O) groups is 2. The Hall–Kier alpha value is -1.84. The molecule has 4 heteroatoms. The predicted molar refractivity (Wildman–Crippen MR) is 69.5 cm³/mol. The lowest BCUT2D eigenvalue weighted by molar-refractivity contribution is -0.122. The molecule has 1 saturated heterocycles. The van der Waals surface area contributed by atoms with Gasteiger partial charge < -0.3 is 5.32 Å². The van der Waals surface area contributed by atoms with Crippen molar-refractivity contribution in [1.29, 1.82) is 0 Å². The Bertz CT molecular complexity index is 519. The van der Waals surface area contributed by atoms with Crippen LogP contribution < -0.4 is 10.2 Å². The molecular weight excluding hydrogens is 228 g/mol. The third-order valence-electron chi connectivity index (χ3n) is 4.03. The van der Waals surface area contributed by atoms with E-state index in [0.29, 0.717) is 5.69 Å². The van der Waals surface area contributed by atoms with Crippen LogP contribution in [0.1, 0.15) is 19.4 Å². The average molecular weight is 244 g/mol. The van der Waals surface area contributed by atoms with Crippen LogP contribution in [0.4, 0.5) is 11.4 Å². The smallest absolute Gasteiger partial charge is 0.237 e. The van der Waals surface area contributed by atoms with Gasteiger partial charge in [0.2, 0.25) is 11.8 Å². The third kappa shape index (κ3) is 1.45. The van der Waals surface area contributed by atoms with Crippen molar-refractivity contribution >= 4 is 23.2 Å². The van der Waals surface area contributed by atoms with Crippen molar-refractivity contribution in [2.24, 2.45) is 11.8 Å². The lowest BCUT2D eigenvalue weighted by Gasteiger charge is -2.15. The average Bonchev–Trinajstić information content (AvgIpc) is 2.90. The lowest BCUT2D eigenvalue weighted by Crippen LogP contribution is -2.30. The molecule has 18 heavy (non-hydrogen) atoms. The zero-order valence-electron chi connectivity index (χ0n) is 10.6. The number of hydrogen-bond donors (Lipinski definition) is 1. The fourth-order valence-electron chi connectivity index (χ4n) is 2.63. The van der Waals surface area contributed by atoms with E-state index in [-0.39, 0.29) is 23.7 Å². The lowest BCUT2D eigenvalue weighted by atomic mass is 10.00. The van der Waals surface area contributed by atoms with Crippen molar-refractivity contribution in [3.05, 3.63) is 23.8 Å². The highest BCUT2D eigenvalue weighted by Crippen LogP contribution is 2.33. The maximum atomic E-state index is 12.1. The number of anilines is 2. The molecule has 2 aliphatic heterocycles. The van der Waals surface area contributed by atoms with Crippen molar-refractivity contribution in [3.8, 4) is 0 Å². The molecular formula is C14H16N2O2. The summed E-state index contributed by atoms with van der Waals surface area (Å²) in [7, 11) is 0. The number of fused-ring (bicyclic) bond motifs is 1. The van der Waals surface area contributed by atoms with Gasteiger partial charge in [0.25, 0.3) is 0 Å². The predicted octanol–water partition coefficient (Wildman–Crippen LogP) is 1.80. The van der Waals surface area contributed by atoms with Gasteiger partial charge in [0, 0.05) is 24.1 Å². The van der Waals surface area contributed by atoms with Crippen LogP contribution in [0.15, 0.2) is 18.2 Å². The fraction of sp³-hybridized carbons (Fsp3) is 0.429. The Morgan fingerprint density at radius 1 is 1.17 bits per heavy atom. The van der Waals surface area contributed by atoms with Crippen molar-refractivity contribution in [2.45, 2.75) is 20.3 Å². The van der Waals surface area contributed by atoms with Gasteiger partial charge in [-0.2, -0.15) is 0 Å². The van der Waals surface area contributed by atoms with E-state index >= 15 is 0 Å². The fourth-order valence-corrected chi connectivity index (χ4v) is 2.63. The number of imide groups is 1. The first-order valence-electron chi connectivity index (χ1n) is 6.34. The maximum Gasteiger partial charge on any atom is 0.237 e. The topological polar surface area (TPSA) is 49.4 Å². The molecule has 1 aromatic carbocycles. The molecule has 0 bridgehead atoms. The molecule has 2 unspecified atom stereocenters. The van der Waals surface area contributed by atoms with Gasteiger partial charge in [0.05, 0.1) is 5.69 Å². The molecule has 0 saturated carbocycles. The molecule has 2 aliphatic rings. The first kappa shape index (κ1) is 11.3. The highest BCUT2D eigenvalue weighted by atomic mass is 16.2. The van der Waals surface area contributed by atoms with Crippen LogP contribution in [-0.2, 0) is 16.0 Å². The summed E-state index contributed by atoms with van der Waals surface area (Å²) < 4.78 is 0. The number of benzene rings is 1. The molecule has 0 aromatic heterocycles. The van der Waals surface area contributed by atoms with E-state index < -0.39 is 0 Å². The summed E-state index contributed by atoms with van der Waals surface area (Å²) in [6.45, 7) is 4.56. The standard InChI is InChI=1S/C14H16N2O2/c1-8-9(2)14(18)16(13(8)17)11-3-4-12-10(7-11)5-6-15-12/h3-4,7-9,15H,5-6H2,1-2H3. The molecule has 2 heterocycles. The second kappa shape index (κ2) is 3.83. The first-order valence-corrected chi connectivity index (χ1v) is 6.34. The number of carbonyl (C=O) groups excluding carboxylic acids is 2. The summed E-state index contributed by atoms with van der Waals surface area (Å²) >= 11 is 0. The first-order chi connectivity index (χ1) is 8.59. The van der Waals surface area contributed by atoms with Gasteiger partial charge in [-0.3, -0.25) is 14.5 Å². The minimum atomic E-state index is -0.219. The summed E-state index contributed by atoms with van der Waals surface area (Å²) in [6, 6.07) is 5.75. The zero-order valence-corrected chi connectivity index (χ0v) is 10.6. The highest BCUT2D eigenvalue weighted by molar-refractivity contribution is 6.21. The Labute approximate surface area is 106 Å².